The van der Waals surface area contributed by atoms with Crippen molar-refractivity contribution in [2.75, 3.05) is 19.6 Å². The topological polar surface area (TPSA) is 41.4 Å². The molecule has 0 aromatic carbocycles. The minimum absolute atomic E-state index is 0.255. The Morgan fingerprint density at radius 1 is 1.43 bits per heavy atom. The van der Waals surface area contributed by atoms with Crippen LogP contribution in [-0.2, 0) is 11.3 Å². The molecule has 0 unspecified atom stereocenters. The van der Waals surface area contributed by atoms with E-state index in [1.807, 2.05) is 28.9 Å². The summed E-state index contributed by atoms with van der Waals surface area (Å²) in [6, 6.07) is 1.05. The number of amides is 1. The van der Waals surface area contributed by atoms with E-state index in [0.717, 1.165) is 31.6 Å². The molecule has 2 rings (SSSR count). The minimum atomic E-state index is 0.255. The first-order valence-corrected chi connectivity index (χ1v) is 8.03. The summed E-state index contributed by atoms with van der Waals surface area (Å²) in [4.78, 5) is 16.9. The normalized spacial score (nSPS) is 20.2. The van der Waals surface area contributed by atoms with Gasteiger partial charge in [-0.05, 0) is 32.8 Å². The summed E-state index contributed by atoms with van der Waals surface area (Å²) in [5, 5.41) is 4.24. The molecular formula is C16H28N4O. The number of rotatable bonds is 5. The summed E-state index contributed by atoms with van der Waals surface area (Å²) in [6.07, 6.45) is 5.46. The Hall–Kier alpha value is -1.36. The second-order valence-corrected chi connectivity index (χ2v) is 6.26. The number of nitrogens with zero attached hydrogens (tertiary/aromatic N) is 4. The van der Waals surface area contributed by atoms with Gasteiger partial charge in [0.05, 0.1) is 6.20 Å². The highest BCUT2D eigenvalue weighted by Gasteiger charge is 2.29. The minimum Gasteiger partial charge on any atom is -0.340 e. The molecular weight excluding hydrogens is 264 g/mol. The Balaban J connectivity index is 1.85. The fourth-order valence-corrected chi connectivity index (χ4v) is 3.10. The molecule has 0 aliphatic carbocycles. The summed E-state index contributed by atoms with van der Waals surface area (Å²) in [5.74, 6) is 0.255. The zero-order valence-electron chi connectivity index (χ0n) is 13.7. The van der Waals surface area contributed by atoms with E-state index in [-0.39, 0.29) is 5.91 Å². The standard InChI is InChI=1S/C16H28N4O/c1-5-15-12-18(8-9-20(15)13(2)3)16(21)6-7-19-11-14(4)10-17-19/h10-11,13,15H,5-9,12H2,1-4H3/t15-/m0/s1. The van der Waals surface area contributed by atoms with Gasteiger partial charge in [0, 0.05) is 50.9 Å². The van der Waals surface area contributed by atoms with Crippen molar-refractivity contribution >= 4 is 5.91 Å². The number of aromatic nitrogens is 2. The number of hydrogen-bond donors (Lipinski definition) is 0. The molecule has 1 amide bonds. The lowest BCUT2D eigenvalue weighted by atomic mass is 10.1. The quantitative estimate of drug-likeness (QED) is 0.832. The van der Waals surface area contributed by atoms with Gasteiger partial charge in [-0.3, -0.25) is 14.4 Å². The van der Waals surface area contributed by atoms with Gasteiger partial charge in [-0.2, -0.15) is 5.10 Å². The van der Waals surface area contributed by atoms with Gasteiger partial charge in [-0.25, -0.2) is 0 Å². The molecule has 2 heterocycles. The first-order chi connectivity index (χ1) is 10.0. The lowest BCUT2D eigenvalue weighted by Crippen LogP contribution is -2.56. The van der Waals surface area contributed by atoms with Crippen LogP contribution in [0.2, 0.25) is 0 Å². The van der Waals surface area contributed by atoms with Gasteiger partial charge < -0.3 is 4.90 Å². The lowest BCUT2D eigenvalue weighted by molar-refractivity contribution is -0.135. The number of aryl methyl sites for hydroxylation is 2. The van der Waals surface area contributed by atoms with Crippen LogP contribution in [0.15, 0.2) is 12.4 Å². The monoisotopic (exact) mass is 292 g/mol. The van der Waals surface area contributed by atoms with Crippen molar-refractivity contribution < 1.29 is 4.79 Å². The van der Waals surface area contributed by atoms with Crippen LogP contribution >= 0.6 is 0 Å². The van der Waals surface area contributed by atoms with Crippen LogP contribution in [0.1, 0.15) is 39.2 Å². The van der Waals surface area contributed by atoms with E-state index in [2.05, 4.69) is 30.8 Å². The Bertz CT molecular complexity index is 469. The van der Waals surface area contributed by atoms with Gasteiger partial charge in [0.15, 0.2) is 0 Å². The maximum atomic E-state index is 12.4. The molecule has 1 saturated heterocycles. The van der Waals surface area contributed by atoms with Crippen LogP contribution in [-0.4, -0.2) is 57.2 Å². The van der Waals surface area contributed by atoms with Crippen LogP contribution in [0.4, 0.5) is 0 Å². The molecule has 1 aliphatic rings. The molecule has 1 aromatic rings. The Morgan fingerprint density at radius 2 is 2.19 bits per heavy atom. The zero-order valence-corrected chi connectivity index (χ0v) is 13.7. The summed E-state index contributed by atoms with van der Waals surface area (Å²) in [6.45, 7) is 12.1. The van der Waals surface area contributed by atoms with E-state index < -0.39 is 0 Å². The molecule has 0 saturated carbocycles. The third-order valence-electron chi connectivity index (χ3n) is 4.33. The maximum Gasteiger partial charge on any atom is 0.224 e. The van der Waals surface area contributed by atoms with Crippen LogP contribution < -0.4 is 0 Å². The van der Waals surface area contributed by atoms with E-state index in [4.69, 9.17) is 0 Å². The summed E-state index contributed by atoms with van der Waals surface area (Å²) in [7, 11) is 0. The SMILES string of the molecule is CC[C@H]1CN(C(=O)CCn2cc(C)cn2)CCN1C(C)C. The molecule has 0 spiro atoms. The predicted molar refractivity (Wildman–Crippen MR) is 84.1 cm³/mol. The highest BCUT2D eigenvalue weighted by molar-refractivity contribution is 5.76. The van der Waals surface area contributed by atoms with Crippen molar-refractivity contribution in [1.82, 2.24) is 19.6 Å². The average molecular weight is 292 g/mol. The Morgan fingerprint density at radius 3 is 2.76 bits per heavy atom. The average Bonchev–Trinajstić information content (AvgIpc) is 2.89. The van der Waals surface area contributed by atoms with Crippen molar-refractivity contribution in [2.24, 2.45) is 0 Å². The van der Waals surface area contributed by atoms with Crippen LogP contribution in [0, 0.1) is 6.92 Å². The molecule has 1 atom stereocenters. The summed E-state index contributed by atoms with van der Waals surface area (Å²) in [5.41, 5.74) is 1.14. The predicted octanol–water partition coefficient (Wildman–Crippen LogP) is 1.91. The molecule has 1 aliphatic heterocycles. The van der Waals surface area contributed by atoms with E-state index in [1.165, 1.54) is 0 Å². The van der Waals surface area contributed by atoms with Crippen molar-refractivity contribution in [3.63, 3.8) is 0 Å². The molecule has 21 heavy (non-hydrogen) atoms. The first-order valence-electron chi connectivity index (χ1n) is 8.03. The number of carbonyl (C=O) groups excluding carboxylic acids is 1. The Kier molecular flexibility index (Phi) is 5.39. The molecule has 1 fully saturated rings. The summed E-state index contributed by atoms with van der Waals surface area (Å²) < 4.78 is 1.86. The van der Waals surface area contributed by atoms with E-state index >= 15 is 0 Å². The molecule has 0 bridgehead atoms. The second kappa shape index (κ2) is 7.07. The third kappa shape index (κ3) is 4.06. The first kappa shape index (κ1) is 16.0. The maximum absolute atomic E-state index is 12.4. The van der Waals surface area contributed by atoms with Gasteiger partial charge >= 0.3 is 0 Å². The van der Waals surface area contributed by atoms with Crippen LogP contribution in [0.3, 0.4) is 0 Å². The lowest BCUT2D eigenvalue weighted by Gasteiger charge is -2.43. The van der Waals surface area contributed by atoms with Crippen LogP contribution in [0.25, 0.3) is 0 Å². The van der Waals surface area contributed by atoms with Crippen LogP contribution in [0.5, 0.6) is 0 Å². The van der Waals surface area contributed by atoms with E-state index in [9.17, 15) is 4.79 Å². The fourth-order valence-electron chi connectivity index (χ4n) is 3.10. The highest BCUT2D eigenvalue weighted by Crippen LogP contribution is 2.16. The van der Waals surface area contributed by atoms with Crippen molar-refractivity contribution in [2.45, 2.75) is 59.2 Å². The van der Waals surface area contributed by atoms with Crippen molar-refractivity contribution in [1.29, 1.82) is 0 Å². The molecule has 1 aromatic heterocycles. The third-order valence-corrected chi connectivity index (χ3v) is 4.33. The molecule has 0 N–H and O–H groups in total. The number of piperazine rings is 1. The smallest absolute Gasteiger partial charge is 0.224 e. The van der Waals surface area contributed by atoms with Gasteiger partial charge in [0.1, 0.15) is 0 Å². The molecule has 118 valence electrons. The van der Waals surface area contributed by atoms with E-state index in [1.54, 1.807) is 0 Å². The fraction of sp³-hybridized carbons (Fsp3) is 0.750. The van der Waals surface area contributed by atoms with Gasteiger partial charge in [-0.15, -0.1) is 0 Å². The van der Waals surface area contributed by atoms with Gasteiger partial charge in [0.2, 0.25) is 5.91 Å². The molecule has 0 radical (unpaired) electrons. The largest absolute Gasteiger partial charge is 0.340 e. The molecule has 5 nitrogen and oxygen atoms in total. The number of hydrogen-bond acceptors (Lipinski definition) is 3. The Labute approximate surface area is 127 Å². The second-order valence-electron chi connectivity index (χ2n) is 6.26. The summed E-state index contributed by atoms with van der Waals surface area (Å²) >= 11 is 0. The zero-order chi connectivity index (χ0) is 15.4. The highest BCUT2D eigenvalue weighted by atomic mass is 16.2. The number of carbonyl (C=O) groups is 1. The van der Waals surface area contributed by atoms with Crippen molar-refractivity contribution in [3.05, 3.63) is 18.0 Å². The van der Waals surface area contributed by atoms with Crippen molar-refractivity contribution in [3.8, 4) is 0 Å². The van der Waals surface area contributed by atoms with Gasteiger partial charge in [0.25, 0.3) is 0 Å². The molecule has 5 heteroatoms. The van der Waals surface area contributed by atoms with E-state index in [0.29, 0.717) is 25.0 Å². The van der Waals surface area contributed by atoms with Gasteiger partial charge in [-0.1, -0.05) is 6.92 Å².